The van der Waals surface area contributed by atoms with Crippen molar-refractivity contribution >= 4 is 11.7 Å². The first-order valence-corrected chi connectivity index (χ1v) is 5.30. The molecule has 1 aromatic rings. The van der Waals surface area contributed by atoms with E-state index in [1.54, 1.807) is 0 Å². The van der Waals surface area contributed by atoms with Crippen LogP contribution in [0.5, 0.6) is 0 Å². The van der Waals surface area contributed by atoms with Crippen LogP contribution in [0.3, 0.4) is 0 Å². The Kier molecular flexibility index (Phi) is 3.74. The number of hydrogen-bond donors (Lipinski definition) is 1. The van der Waals surface area contributed by atoms with E-state index in [4.69, 9.17) is 6.42 Å². The van der Waals surface area contributed by atoms with Gasteiger partial charge in [-0.05, 0) is 26.3 Å². The van der Waals surface area contributed by atoms with Gasteiger partial charge in [-0.2, -0.15) is 0 Å². The lowest BCUT2D eigenvalue weighted by Gasteiger charge is -2.02. The molecule has 1 N–H and O–H groups in total. The highest BCUT2D eigenvalue weighted by atomic mass is 16.2. The van der Waals surface area contributed by atoms with Gasteiger partial charge in [-0.25, -0.2) is 0 Å². The van der Waals surface area contributed by atoms with Crippen molar-refractivity contribution in [3.8, 4) is 12.3 Å². The van der Waals surface area contributed by atoms with Gasteiger partial charge in [0.05, 0.1) is 12.1 Å². The predicted molar refractivity (Wildman–Crippen MR) is 65.8 cm³/mol. The number of carbonyl (C=O) groups is 2. The van der Waals surface area contributed by atoms with Gasteiger partial charge in [0.25, 0.3) is 11.7 Å². The van der Waals surface area contributed by atoms with Crippen LogP contribution in [-0.2, 0) is 11.8 Å². The summed E-state index contributed by atoms with van der Waals surface area (Å²) in [6.07, 6.45) is 5.02. The predicted octanol–water partition coefficient (Wildman–Crippen LogP) is 0.882. The number of terminal acetylenes is 1. The summed E-state index contributed by atoms with van der Waals surface area (Å²) in [4.78, 5) is 23.5. The molecular formula is C13H16N2O2. The lowest BCUT2D eigenvalue weighted by molar-refractivity contribution is -0.116. The van der Waals surface area contributed by atoms with Crippen LogP contribution in [0, 0.1) is 33.1 Å². The maximum Gasteiger partial charge on any atom is 0.293 e. The molecule has 1 rings (SSSR count). The first-order chi connectivity index (χ1) is 7.91. The molecule has 4 heteroatoms. The maximum atomic E-state index is 12.0. The van der Waals surface area contributed by atoms with E-state index in [1.807, 2.05) is 32.4 Å². The molecule has 0 aliphatic heterocycles. The fraction of sp³-hybridized carbons (Fsp3) is 0.385. The average molecular weight is 232 g/mol. The number of hydrogen-bond acceptors (Lipinski definition) is 2. The minimum Gasteiger partial charge on any atom is -0.351 e. The summed E-state index contributed by atoms with van der Waals surface area (Å²) in [5.74, 6) is 1.08. The van der Waals surface area contributed by atoms with Crippen molar-refractivity contribution in [3.63, 3.8) is 0 Å². The van der Waals surface area contributed by atoms with Gasteiger partial charge in [0, 0.05) is 18.4 Å². The Morgan fingerprint density at radius 3 is 2.29 bits per heavy atom. The van der Waals surface area contributed by atoms with Gasteiger partial charge in [-0.3, -0.25) is 9.59 Å². The molecular weight excluding hydrogens is 216 g/mol. The van der Waals surface area contributed by atoms with Crippen LogP contribution in [0.1, 0.15) is 27.3 Å². The van der Waals surface area contributed by atoms with Crippen LogP contribution in [-0.4, -0.2) is 22.8 Å². The van der Waals surface area contributed by atoms with Crippen molar-refractivity contribution in [2.45, 2.75) is 20.8 Å². The zero-order chi connectivity index (χ0) is 13.2. The van der Waals surface area contributed by atoms with Gasteiger partial charge >= 0.3 is 0 Å². The fourth-order valence-electron chi connectivity index (χ4n) is 1.78. The highest BCUT2D eigenvalue weighted by molar-refractivity contribution is 6.43. The van der Waals surface area contributed by atoms with E-state index in [9.17, 15) is 9.59 Å². The molecule has 90 valence electrons. The Morgan fingerprint density at radius 1 is 1.29 bits per heavy atom. The number of amides is 1. The van der Waals surface area contributed by atoms with Gasteiger partial charge in [-0.15, -0.1) is 6.42 Å². The molecule has 0 aliphatic rings. The van der Waals surface area contributed by atoms with E-state index in [1.165, 1.54) is 0 Å². The summed E-state index contributed by atoms with van der Waals surface area (Å²) in [7, 11) is 1.87. The van der Waals surface area contributed by atoms with Crippen LogP contribution < -0.4 is 5.32 Å². The van der Waals surface area contributed by atoms with E-state index in [-0.39, 0.29) is 6.54 Å². The van der Waals surface area contributed by atoms with Crippen LogP contribution >= 0.6 is 0 Å². The SMILES string of the molecule is C#CCNC(=O)C(=O)c1c(C)c(C)n(C)c1C. The average Bonchev–Trinajstić information content (AvgIpc) is 2.50. The molecule has 0 atom stereocenters. The second-order valence-electron chi connectivity index (χ2n) is 3.95. The summed E-state index contributed by atoms with van der Waals surface area (Å²) in [6.45, 7) is 5.64. The Morgan fingerprint density at radius 2 is 1.88 bits per heavy atom. The number of Topliss-reactive ketones (excluding diaryl/α,β-unsaturated/α-hetero) is 1. The van der Waals surface area contributed by atoms with Crippen molar-refractivity contribution in [1.82, 2.24) is 9.88 Å². The number of ketones is 1. The third-order valence-electron chi connectivity index (χ3n) is 3.07. The molecule has 4 nitrogen and oxygen atoms in total. The number of nitrogens with zero attached hydrogens (tertiary/aromatic N) is 1. The van der Waals surface area contributed by atoms with Crippen LogP contribution in [0.25, 0.3) is 0 Å². The highest BCUT2D eigenvalue weighted by Gasteiger charge is 2.23. The zero-order valence-electron chi connectivity index (χ0n) is 10.5. The van der Waals surface area contributed by atoms with E-state index in [0.717, 1.165) is 17.0 Å². The van der Waals surface area contributed by atoms with E-state index in [0.29, 0.717) is 5.56 Å². The third kappa shape index (κ3) is 2.23. The molecule has 0 saturated carbocycles. The normalized spacial score (nSPS) is 9.82. The van der Waals surface area contributed by atoms with Crippen molar-refractivity contribution in [2.24, 2.45) is 7.05 Å². The van der Waals surface area contributed by atoms with Gasteiger partial charge < -0.3 is 9.88 Å². The lowest BCUT2D eigenvalue weighted by Crippen LogP contribution is -2.31. The molecule has 0 aliphatic carbocycles. The lowest BCUT2D eigenvalue weighted by atomic mass is 10.1. The number of rotatable bonds is 3. The van der Waals surface area contributed by atoms with Crippen LogP contribution in [0.2, 0.25) is 0 Å². The van der Waals surface area contributed by atoms with Gasteiger partial charge in [-0.1, -0.05) is 5.92 Å². The van der Waals surface area contributed by atoms with Crippen molar-refractivity contribution in [2.75, 3.05) is 6.54 Å². The topological polar surface area (TPSA) is 51.1 Å². The zero-order valence-corrected chi connectivity index (χ0v) is 10.5. The van der Waals surface area contributed by atoms with E-state index in [2.05, 4.69) is 11.2 Å². The standard InChI is InChI=1S/C13H16N2O2/c1-6-7-14-13(17)12(16)11-8(2)9(3)15(5)10(11)4/h1H,7H2,2-5H3,(H,14,17). The quantitative estimate of drug-likeness (QED) is 0.478. The number of carbonyl (C=O) groups excluding carboxylic acids is 2. The Bertz CT molecular complexity index is 493. The molecule has 0 aromatic carbocycles. The molecule has 0 saturated heterocycles. The summed E-state index contributed by atoms with van der Waals surface area (Å²) in [5, 5.41) is 2.38. The Labute approximate surface area is 101 Å². The molecule has 1 aromatic heterocycles. The van der Waals surface area contributed by atoms with Crippen LogP contribution in [0.4, 0.5) is 0 Å². The summed E-state index contributed by atoms with van der Waals surface area (Å²) >= 11 is 0. The fourth-order valence-corrected chi connectivity index (χ4v) is 1.78. The number of aromatic nitrogens is 1. The highest BCUT2D eigenvalue weighted by Crippen LogP contribution is 2.20. The number of nitrogens with one attached hydrogen (secondary N) is 1. The van der Waals surface area contributed by atoms with E-state index < -0.39 is 11.7 Å². The van der Waals surface area contributed by atoms with Crippen molar-refractivity contribution < 1.29 is 9.59 Å². The molecule has 0 bridgehead atoms. The third-order valence-corrected chi connectivity index (χ3v) is 3.07. The van der Waals surface area contributed by atoms with E-state index >= 15 is 0 Å². The summed E-state index contributed by atoms with van der Waals surface area (Å²) in [5.41, 5.74) is 3.09. The molecule has 1 heterocycles. The van der Waals surface area contributed by atoms with Gasteiger partial charge in [0.2, 0.25) is 0 Å². The molecule has 0 radical (unpaired) electrons. The smallest absolute Gasteiger partial charge is 0.293 e. The van der Waals surface area contributed by atoms with Crippen molar-refractivity contribution in [3.05, 3.63) is 22.5 Å². The minimum absolute atomic E-state index is 0.0640. The second-order valence-corrected chi connectivity index (χ2v) is 3.95. The molecule has 17 heavy (non-hydrogen) atoms. The molecule has 0 unspecified atom stereocenters. The second kappa shape index (κ2) is 4.88. The monoisotopic (exact) mass is 232 g/mol. The summed E-state index contributed by atoms with van der Waals surface area (Å²) in [6, 6.07) is 0. The molecule has 0 spiro atoms. The summed E-state index contributed by atoms with van der Waals surface area (Å²) < 4.78 is 1.90. The largest absolute Gasteiger partial charge is 0.351 e. The van der Waals surface area contributed by atoms with Crippen molar-refractivity contribution in [1.29, 1.82) is 0 Å². The minimum atomic E-state index is -0.653. The molecule has 0 fully saturated rings. The molecule has 1 amide bonds. The maximum absolute atomic E-state index is 12.0. The first kappa shape index (κ1) is 13.0. The Balaban J connectivity index is 3.10. The van der Waals surface area contributed by atoms with Gasteiger partial charge in [0.15, 0.2) is 0 Å². The first-order valence-electron chi connectivity index (χ1n) is 5.30. The van der Waals surface area contributed by atoms with Crippen LogP contribution in [0.15, 0.2) is 0 Å². The van der Waals surface area contributed by atoms with Gasteiger partial charge in [0.1, 0.15) is 0 Å². The Hall–Kier alpha value is -2.02.